The molecule has 0 spiro atoms. The van der Waals surface area contributed by atoms with Crippen LogP contribution in [-0.4, -0.2) is 39.4 Å². The Kier molecular flexibility index (Phi) is 6.05. The van der Waals surface area contributed by atoms with Crippen LogP contribution < -0.4 is 5.32 Å². The average Bonchev–Trinajstić information content (AvgIpc) is 3.47. The molecule has 150 valence electrons. The summed E-state index contributed by atoms with van der Waals surface area (Å²) in [4.78, 5) is 32.0. The molecule has 3 heterocycles. The number of likely N-dealkylation sites (tertiary alicyclic amines) is 1. The number of hydrogen-bond acceptors (Lipinski definition) is 4. The molecule has 7 heteroatoms. The second-order valence-electron chi connectivity index (χ2n) is 7.29. The van der Waals surface area contributed by atoms with Crippen molar-refractivity contribution in [3.63, 3.8) is 0 Å². The van der Waals surface area contributed by atoms with Crippen LogP contribution in [0.25, 0.3) is 0 Å². The molecule has 1 aliphatic rings. The van der Waals surface area contributed by atoms with Crippen molar-refractivity contribution in [1.29, 1.82) is 0 Å². The quantitative estimate of drug-likeness (QED) is 0.681. The summed E-state index contributed by atoms with van der Waals surface area (Å²) in [5.41, 5.74) is 2.25. The largest absolute Gasteiger partial charge is 0.352 e. The van der Waals surface area contributed by atoms with Gasteiger partial charge in [0.05, 0.1) is 17.1 Å². The summed E-state index contributed by atoms with van der Waals surface area (Å²) < 4.78 is 2.01. The number of nitrogens with one attached hydrogen (secondary N) is 1. The molecule has 1 fully saturated rings. The number of hydrogen-bond donors (Lipinski definition) is 1. The van der Waals surface area contributed by atoms with Crippen LogP contribution >= 0.6 is 11.3 Å². The summed E-state index contributed by atoms with van der Waals surface area (Å²) >= 11 is 1.45. The van der Waals surface area contributed by atoms with E-state index in [1.807, 2.05) is 51.4 Å². The maximum atomic E-state index is 12.8. The van der Waals surface area contributed by atoms with E-state index in [9.17, 15) is 9.59 Å². The summed E-state index contributed by atoms with van der Waals surface area (Å²) in [5.74, 6) is -0.109. The fourth-order valence-electron chi connectivity index (χ4n) is 3.72. The lowest BCUT2D eigenvalue weighted by molar-refractivity contribution is -0.126. The predicted molar refractivity (Wildman–Crippen MR) is 113 cm³/mol. The third kappa shape index (κ3) is 4.74. The molecule has 1 aliphatic heterocycles. The van der Waals surface area contributed by atoms with Gasteiger partial charge in [0.15, 0.2) is 0 Å². The summed E-state index contributed by atoms with van der Waals surface area (Å²) in [6, 6.07) is 11.8. The van der Waals surface area contributed by atoms with Gasteiger partial charge >= 0.3 is 0 Å². The van der Waals surface area contributed by atoms with Gasteiger partial charge in [0, 0.05) is 38.6 Å². The topological polar surface area (TPSA) is 67.2 Å². The van der Waals surface area contributed by atoms with Crippen molar-refractivity contribution in [3.8, 4) is 0 Å². The average molecular weight is 409 g/mol. The molecule has 2 amide bonds. The summed E-state index contributed by atoms with van der Waals surface area (Å²) in [6.45, 7) is 2.41. The van der Waals surface area contributed by atoms with Gasteiger partial charge in [-0.2, -0.15) is 0 Å². The number of benzene rings is 1. The third-order valence-electron chi connectivity index (χ3n) is 5.29. The zero-order valence-electron chi connectivity index (χ0n) is 16.2. The first-order chi connectivity index (χ1) is 14.2. The molecule has 1 saturated heterocycles. The first-order valence-electron chi connectivity index (χ1n) is 9.84. The lowest BCUT2D eigenvalue weighted by atomic mass is 9.96. The van der Waals surface area contributed by atoms with E-state index in [0.717, 1.165) is 35.4 Å². The zero-order valence-corrected chi connectivity index (χ0v) is 17.0. The Morgan fingerprint density at radius 1 is 1.17 bits per heavy atom. The molecule has 0 aliphatic carbocycles. The van der Waals surface area contributed by atoms with E-state index in [1.54, 1.807) is 12.5 Å². The number of carbonyl (C=O) groups excluding carboxylic acids is 2. The molecule has 29 heavy (non-hydrogen) atoms. The Morgan fingerprint density at radius 3 is 2.79 bits per heavy atom. The Morgan fingerprint density at radius 2 is 2.03 bits per heavy atom. The van der Waals surface area contributed by atoms with Crippen LogP contribution in [0.2, 0.25) is 0 Å². The van der Waals surface area contributed by atoms with E-state index in [2.05, 4.69) is 16.4 Å². The number of aromatic nitrogens is 2. The van der Waals surface area contributed by atoms with Gasteiger partial charge in [-0.05, 0) is 35.4 Å². The first kappa shape index (κ1) is 19.4. The highest BCUT2D eigenvalue weighted by Gasteiger charge is 2.29. The zero-order chi connectivity index (χ0) is 20.1. The van der Waals surface area contributed by atoms with E-state index in [-0.39, 0.29) is 17.7 Å². The van der Waals surface area contributed by atoms with Crippen LogP contribution in [0.4, 0.5) is 0 Å². The molecule has 2 aromatic heterocycles. The van der Waals surface area contributed by atoms with Gasteiger partial charge in [-0.3, -0.25) is 9.59 Å². The van der Waals surface area contributed by atoms with E-state index >= 15 is 0 Å². The van der Waals surface area contributed by atoms with Gasteiger partial charge in [0.25, 0.3) is 5.91 Å². The van der Waals surface area contributed by atoms with Gasteiger partial charge < -0.3 is 14.8 Å². The lowest BCUT2D eigenvalue weighted by Gasteiger charge is -2.31. The van der Waals surface area contributed by atoms with Crippen LogP contribution in [0.1, 0.15) is 33.6 Å². The van der Waals surface area contributed by atoms with Crippen molar-refractivity contribution in [2.75, 3.05) is 13.1 Å². The van der Waals surface area contributed by atoms with Crippen LogP contribution in [0.15, 0.2) is 60.5 Å². The van der Waals surface area contributed by atoms with Crippen LogP contribution in [-0.2, 0) is 17.9 Å². The standard InChI is InChI=1S/C22H24N4O2S/c27-21(19-7-3-10-26(15-19)22(28)20-8-4-12-29-20)24-13-17-5-1-2-6-18(17)14-25-11-9-23-16-25/h1-2,4-6,8-9,11-12,16,19H,3,7,10,13-15H2,(H,24,27)/t19-/m0/s1. The Balaban J connectivity index is 1.36. The lowest BCUT2D eigenvalue weighted by Crippen LogP contribution is -2.45. The predicted octanol–water partition coefficient (Wildman–Crippen LogP) is 3.16. The van der Waals surface area contributed by atoms with Gasteiger partial charge in [-0.1, -0.05) is 30.3 Å². The second kappa shape index (κ2) is 9.05. The highest BCUT2D eigenvalue weighted by Crippen LogP contribution is 2.21. The van der Waals surface area contributed by atoms with Crippen molar-refractivity contribution in [1.82, 2.24) is 19.8 Å². The Hall–Kier alpha value is -2.93. The molecule has 1 atom stereocenters. The molecular weight excluding hydrogens is 384 g/mol. The molecule has 1 aromatic carbocycles. The summed E-state index contributed by atoms with van der Waals surface area (Å²) in [6.07, 6.45) is 7.15. The third-order valence-corrected chi connectivity index (χ3v) is 6.15. The SMILES string of the molecule is O=C(NCc1ccccc1Cn1ccnc1)[C@H]1CCCN(C(=O)c2cccs2)C1. The number of imidazole rings is 1. The minimum Gasteiger partial charge on any atom is -0.352 e. The smallest absolute Gasteiger partial charge is 0.263 e. The monoisotopic (exact) mass is 408 g/mol. The molecule has 3 aromatic rings. The summed E-state index contributed by atoms with van der Waals surface area (Å²) in [5, 5.41) is 4.99. The number of thiophene rings is 1. The van der Waals surface area contributed by atoms with Crippen molar-refractivity contribution in [2.45, 2.75) is 25.9 Å². The highest BCUT2D eigenvalue weighted by molar-refractivity contribution is 7.12. The van der Waals surface area contributed by atoms with Gasteiger partial charge in [0.1, 0.15) is 0 Å². The maximum absolute atomic E-state index is 12.8. The molecule has 0 radical (unpaired) electrons. The summed E-state index contributed by atoms with van der Waals surface area (Å²) in [7, 11) is 0. The fraction of sp³-hybridized carbons (Fsp3) is 0.318. The van der Waals surface area contributed by atoms with Crippen LogP contribution in [0, 0.1) is 5.92 Å². The van der Waals surface area contributed by atoms with E-state index < -0.39 is 0 Å². The van der Waals surface area contributed by atoms with Crippen LogP contribution in [0.5, 0.6) is 0 Å². The number of amides is 2. The van der Waals surface area contributed by atoms with E-state index in [4.69, 9.17) is 0 Å². The van der Waals surface area contributed by atoms with Gasteiger partial charge in [-0.25, -0.2) is 4.98 Å². The van der Waals surface area contributed by atoms with Crippen molar-refractivity contribution >= 4 is 23.2 Å². The maximum Gasteiger partial charge on any atom is 0.263 e. The number of carbonyl (C=O) groups is 2. The van der Waals surface area contributed by atoms with Crippen LogP contribution in [0.3, 0.4) is 0 Å². The van der Waals surface area contributed by atoms with E-state index in [0.29, 0.717) is 19.6 Å². The number of piperidine rings is 1. The molecule has 4 rings (SSSR count). The van der Waals surface area contributed by atoms with Crippen molar-refractivity contribution < 1.29 is 9.59 Å². The minimum atomic E-state index is -0.159. The second-order valence-corrected chi connectivity index (χ2v) is 8.24. The van der Waals surface area contributed by atoms with E-state index in [1.165, 1.54) is 11.3 Å². The molecule has 0 unspecified atom stereocenters. The molecule has 1 N–H and O–H groups in total. The number of rotatable bonds is 6. The van der Waals surface area contributed by atoms with Crippen molar-refractivity contribution in [2.24, 2.45) is 5.92 Å². The van der Waals surface area contributed by atoms with Crippen molar-refractivity contribution in [3.05, 3.63) is 76.5 Å². The van der Waals surface area contributed by atoms with Gasteiger partial charge in [-0.15, -0.1) is 11.3 Å². The molecule has 0 bridgehead atoms. The van der Waals surface area contributed by atoms with Gasteiger partial charge in [0.2, 0.25) is 5.91 Å². The fourth-order valence-corrected chi connectivity index (χ4v) is 4.41. The molecular formula is C22H24N4O2S. The molecule has 6 nitrogen and oxygen atoms in total. The highest BCUT2D eigenvalue weighted by atomic mass is 32.1. The normalized spacial score (nSPS) is 16.6. The first-order valence-corrected chi connectivity index (χ1v) is 10.7. The Labute approximate surface area is 174 Å². The number of nitrogens with zero attached hydrogens (tertiary/aromatic N) is 3. The molecule has 0 saturated carbocycles. The minimum absolute atomic E-state index is 0.0195. The Bertz CT molecular complexity index is 953.